The van der Waals surface area contributed by atoms with Crippen molar-refractivity contribution in [3.8, 4) is 17.0 Å². The van der Waals surface area contributed by atoms with Crippen LogP contribution >= 0.6 is 0 Å². The van der Waals surface area contributed by atoms with E-state index in [9.17, 15) is 4.79 Å². The molecule has 0 bridgehead atoms. The quantitative estimate of drug-likeness (QED) is 0.675. The fourth-order valence-corrected chi connectivity index (χ4v) is 2.53. The molecule has 1 aromatic carbocycles. The second-order valence-corrected chi connectivity index (χ2v) is 5.84. The number of primary amides is 1. The molecule has 2 aromatic heterocycles. The number of nitrogens with two attached hydrogens (primary N) is 1. The van der Waals surface area contributed by atoms with E-state index >= 15 is 0 Å². The zero-order valence-electron chi connectivity index (χ0n) is 14.6. The fourth-order valence-electron chi connectivity index (χ4n) is 2.53. The number of nitrogens with zero attached hydrogens (tertiary/aromatic N) is 4. The number of carbonyl (C=O) groups excluding carboxylic acids is 1. The molecule has 3 rings (SSSR count). The number of anilines is 2. The van der Waals surface area contributed by atoms with Crippen LogP contribution in [0.15, 0.2) is 42.9 Å². The van der Waals surface area contributed by atoms with Gasteiger partial charge in [0.25, 0.3) is 0 Å². The molecule has 0 atom stereocenters. The Kier molecular flexibility index (Phi) is 5.12. The standard InChI is InChI=1S/C18H20N6O2/c1-12-7-13(14-10-21-24(11-14)6-4-16(19)25)9-15(8-12)22-18-20-5-3-17(23-18)26-2/h3,5,7-11H,4,6H2,1-2H3,(H2,19,25)(H,20,22,23). The largest absolute Gasteiger partial charge is 0.481 e. The van der Waals surface area contributed by atoms with E-state index in [1.165, 1.54) is 0 Å². The van der Waals surface area contributed by atoms with Crippen LogP contribution in [0.1, 0.15) is 12.0 Å². The molecule has 0 aliphatic rings. The van der Waals surface area contributed by atoms with Crippen molar-refractivity contribution in [1.82, 2.24) is 19.7 Å². The lowest BCUT2D eigenvalue weighted by Gasteiger charge is -2.09. The Labute approximate surface area is 151 Å². The van der Waals surface area contributed by atoms with E-state index in [2.05, 4.69) is 26.4 Å². The van der Waals surface area contributed by atoms with Crippen molar-refractivity contribution in [2.75, 3.05) is 12.4 Å². The van der Waals surface area contributed by atoms with Crippen molar-refractivity contribution in [1.29, 1.82) is 0 Å². The number of aryl methyl sites for hydroxylation is 2. The summed E-state index contributed by atoms with van der Waals surface area (Å²) >= 11 is 0. The van der Waals surface area contributed by atoms with E-state index in [1.54, 1.807) is 30.3 Å². The zero-order chi connectivity index (χ0) is 18.5. The third kappa shape index (κ3) is 4.35. The van der Waals surface area contributed by atoms with Crippen molar-refractivity contribution in [2.45, 2.75) is 19.9 Å². The summed E-state index contributed by atoms with van der Waals surface area (Å²) in [6.07, 6.45) is 5.55. The van der Waals surface area contributed by atoms with Crippen molar-refractivity contribution < 1.29 is 9.53 Å². The summed E-state index contributed by atoms with van der Waals surface area (Å²) in [6, 6.07) is 7.75. The van der Waals surface area contributed by atoms with E-state index in [0.29, 0.717) is 18.4 Å². The van der Waals surface area contributed by atoms with Crippen molar-refractivity contribution in [2.24, 2.45) is 5.73 Å². The molecule has 0 spiro atoms. The number of amides is 1. The highest BCUT2D eigenvalue weighted by molar-refractivity contribution is 5.73. The molecule has 3 aromatic rings. The third-order valence-electron chi connectivity index (χ3n) is 3.73. The van der Waals surface area contributed by atoms with E-state index in [-0.39, 0.29) is 12.3 Å². The van der Waals surface area contributed by atoms with Gasteiger partial charge in [-0.3, -0.25) is 9.48 Å². The summed E-state index contributed by atoms with van der Waals surface area (Å²) in [5.74, 6) is 0.603. The number of nitrogens with one attached hydrogen (secondary N) is 1. The molecule has 0 saturated carbocycles. The number of benzene rings is 1. The van der Waals surface area contributed by atoms with Crippen LogP contribution < -0.4 is 15.8 Å². The van der Waals surface area contributed by atoms with Gasteiger partial charge >= 0.3 is 0 Å². The lowest BCUT2D eigenvalue weighted by atomic mass is 10.1. The van der Waals surface area contributed by atoms with E-state index in [0.717, 1.165) is 22.4 Å². The normalized spacial score (nSPS) is 10.5. The molecule has 0 aliphatic carbocycles. The van der Waals surface area contributed by atoms with Crippen LogP contribution in [-0.2, 0) is 11.3 Å². The molecule has 0 unspecified atom stereocenters. The van der Waals surface area contributed by atoms with Gasteiger partial charge in [0, 0.05) is 42.7 Å². The molecular formula is C18H20N6O2. The van der Waals surface area contributed by atoms with Crippen LogP contribution in [0.25, 0.3) is 11.1 Å². The minimum atomic E-state index is -0.345. The molecule has 134 valence electrons. The van der Waals surface area contributed by atoms with Gasteiger partial charge in [-0.2, -0.15) is 10.1 Å². The molecule has 0 saturated heterocycles. The summed E-state index contributed by atoms with van der Waals surface area (Å²) < 4.78 is 6.83. The number of carbonyl (C=O) groups is 1. The van der Waals surface area contributed by atoms with Crippen LogP contribution in [0.4, 0.5) is 11.6 Å². The minimum absolute atomic E-state index is 0.259. The van der Waals surface area contributed by atoms with Gasteiger partial charge in [-0.1, -0.05) is 6.07 Å². The van der Waals surface area contributed by atoms with E-state index < -0.39 is 0 Å². The topological polar surface area (TPSA) is 108 Å². The van der Waals surface area contributed by atoms with Crippen molar-refractivity contribution in [3.63, 3.8) is 0 Å². The first-order valence-electron chi connectivity index (χ1n) is 8.10. The lowest BCUT2D eigenvalue weighted by Crippen LogP contribution is -2.13. The minimum Gasteiger partial charge on any atom is -0.481 e. The summed E-state index contributed by atoms with van der Waals surface area (Å²) in [6.45, 7) is 2.47. The highest BCUT2D eigenvalue weighted by atomic mass is 16.5. The van der Waals surface area contributed by atoms with Crippen molar-refractivity contribution in [3.05, 3.63) is 48.4 Å². The van der Waals surface area contributed by atoms with Gasteiger partial charge in [0.05, 0.1) is 13.3 Å². The molecule has 2 heterocycles. The molecule has 1 amide bonds. The van der Waals surface area contributed by atoms with Gasteiger partial charge in [0.15, 0.2) is 0 Å². The summed E-state index contributed by atoms with van der Waals surface area (Å²) in [5.41, 5.74) is 9.08. The maximum atomic E-state index is 10.9. The Morgan fingerprint density at radius 3 is 2.92 bits per heavy atom. The first-order valence-corrected chi connectivity index (χ1v) is 8.10. The van der Waals surface area contributed by atoms with Gasteiger partial charge in [0.1, 0.15) is 0 Å². The monoisotopic (exact) mass is 352 g/mol. The van der Waals surface area contributed by atoms with Gasteiger partial charge in [-0.15, -0.1) is 0 Å². The van der Waals surface area contributed by atoms with E-state index in [4.69, 9.17) is 10.5 Å². The van der Waals surface area contributed by atoms with Gasteiger partial charge in [-0.25, -0.2) is 4.98 Å². The third-order valence-corrected chi connectivity index (χ3v) is 3.73. The van der Waals surface area contributed by atoms with Gasteiger partial charge in [0.2, 0.25) is 17.7 Å². The number of ether oxygens (including phenoxy) is 1. The van der Waals surface area contributed by atoms with Crippen LogP contribution in [0, 0.1) is 6.92 Å². The van der Waals surface area contributed by atoms with Gasteiger partial charge in [-0.05, 0) is 30.2 Å². The van der Waals surface area contributed by atoms with Crippen molar-refractivity contribution >= 4 is 17.5 Å². The Morgan fingerprint density at radius 1 is 1.31 bits per heavy atom. The van der Waals surface area contributed by atoms with Gasteiger partial charge < -0.3 is 15.8 Å². The highest BCUT2D eigenvalue weighted by Crippen LogP contribution is 2.26. The molecule has 3 N–H and O–H groups in total. The van der Waals surface area contributed by atoms with Crippen LogP contribution in [0.2, 0.25) is 0 Å². The average molecular weight is 352 g/mol. The Hall–Kier alpha value is -3.42. The maximum Gasteiger partial charge on any atom is 0.230 e. The number of aromatic nitrogens is 4. The second-order valence-electron chi connectivity index (χ2n) is 5.84. The first kappa shape index (κ1) is 17.4. The van der Waals surface area contributed by atoms with Crippen LogP contribution in [0.5, 0.6) is 5.88 Å². The predicted octanol–water partition coefficient (Wildman–Crippen LogP) is 2.28. The summed E-state index contributed by atoms with van der Waals surface area (Å²) in [4.78, 5) is 19.4. The maximum absolute atomic E-state index is 10.9. The molecular weight excluding hydrogens is 332 g/mol. The Morgan fingerprint density at radius 2 is 2.15 bits per heavy atom. The number of methoxy groups -OCH3 is 1. The fraction of sp³-hybridized carbons (Fsp3) is 0.222. The highest BCUT2D eigenvalue weighted by Gasteiger charge is 2.07. The molecule has 26 heavy (non-hydrogen) atoms. The molecule has 8 heteroatoms. The Balaban J connectivity index is 1.82. The number of hydrogen-bond donors (Lipinski definition) is 2. The second kappa shape index (κ2) is 7.64. The zero-order valence-corrected chi connectivity index (χ0v) is 14.6. The van der Waals surface area contributed by atoms with Crippen LogP contribution in [0.3, 0.4) is 0 Å². The molecule has 0 fully saturated rings. The lowest BCUT2D eigenvalue weighted by molar-refractivity contribution is -0.118. The average Bonchev–Trinajstić information content (AvgIpc) is 3.09. The van der Waals surface area contributed by atoms with E-state index in [1.807, 2.05) is 25.3 Å². The SMILES string of the molecule is COc1ccnc(Nc2cc(C)cc(-c3cnn(CCC(N)=O)c3)c2)n1. The first-order chi connectivity index (χ1) is 12.5. The molecule has 0 aliphatic heterocycles. The summed E-state index contributed by atoms with van der Waals surface area (Å²) in [7, 11) is 1.56. The smallest absolute Gasteiger partial charge is 0.230 e. The Bertz CT molecular complexity index is 922. The van der Waals surface area contributed by atoms with Crippen LogP contribution in [-0.4, -0.2) is 32.8 Å². The molecule has 0 radical (unpaired) electrons. The predicted molar refractivity (Wildman–Crippen MR) is 98.1 cm³/mol. The number of rotatable bonds is 7. The number of hydrogen-bond acceptors (Lipinski definition) is 6. The summed E-state index contributed by atoms with van der Waals surface area (Å²) in [5, 5.41) is 7.46. The molecule has 8 nitrogen and oxygen atoms in total.